The van der Waals surface area contributed by atoms with E-state index in [4.69, 9.17) is 4.74 Å². The maximum atomic E-state index is 13.0. The highest BCUT2D eigenvalue weighted by molar-refractivity contribution is 5.77. The number of amides is 1. The molecule has 1 aliphatic carbocycles. The Balaban J connectivity index is 1.31. The zero-order chi connectivity index (χ0) is 21.2. The molecule has 1 saturated carbocycles. The molecule has 0 radical (unpaired) electrons. The molecular formula is C24H28N4O3. The van der Waals surface area contributed by atoms with Crippen molar-refractivity contribution in [3.8, 4) is 5.75 Å². The molecule has 2 aromatic carbocycles. The zero-order valence-electron chi connectivity index (χ0n) is 17.6. The van der Waals surface area contributed by atoms with Gasteiger partial charge in [-0.15, -0.1) is 0 Å². The number of rotatable bonds is 4. The highest BCUT2D eigenvalue weighted by Gasteiger charge is 2.26. The van der Waals surface area contributed by atoms with Crippen LogP contribution in [0.5, 0.6) is 5.75 Å². The molecule has 1 atom stereocenters. The number of aliphatic hydroxyl groups is 1. The molecule has 0 bridgehead atoms. The lowest BCUT2D eigenvalue weighted by Crippen LogP contribution is -2.35. The van der Waals surface area contributed by atoms with Crippen molar-refractivity contribution in [2.45, 2.75) is 51.3 Å². The molecule has 5 rings (SSSR count). The minimum Gasteiger partial charge on any atom is -0.491 e. The van der Waals surface area contributed by atoms with Gasteiger partial charge in [0.25, 0.3) is 0 Å². The van der Waals surface area contributed by atoms with E-state index in [9.17, 15) is 9.90 Å². The van der Waals surface area contributed by atoms with Gasteiger partial charge in [-0.2, -0.15) is 15.0 Å². The molecular weight excluding hydrogens is 392 g/mol. The van der Waals surface area contributed by atoms with Gasteiger partial charge in [0.1, 0.15) is 29.9 Å². The van der Waals surface area contributed by atoms with Gasteiger partial charge in [0, 0.05) is 12.1 Å². The van der Waals surface area contributed by atoms with Gasteiger partial charge in [0.2, 0.25) is 5.91 Å². The van der Waals surface area contributed by atoms with E-state index >= 15 is 0 Å². The normalized spacial score (nSPS) is 18.3. The lowest BCUT2D eigenvalue weighted by atomic mass is 9.82. The second-order valence-electron chi connectivity index (χ2n) is 8.59. The maximum absolute atomic E-state index is 13.0. The number of aromatic nitrogens is 3. The van der Waals surface area contributed by atoms with Crippen molar-refractivity contribution in [3.63, 3.8) is 0 Å². The van der Waals surface area contributed by atoms with E-state index in [-0.39, 0.29) is 12.5 Å². The minimum absolute atomic E-state index is 0.0463. The molecule has 7 heteroatoms. The van der Waals surface area contributed by atoms with E-state index in [2.05, 4.69) is 10.2 Å². The summed E-state index contributed by atoms with van der Waals surface area (Å²) >= 11 is 0. The Bertz CT molecular complexity index is 1040. The third-order valence-corrected chi connectivity index (χ3v) is 6.46. The predicted molar refractivity (Wildman–Crippen MR) is 116 cm³/mol. The van der Waals surface area contributed by atoms with Crippen molar-refractivity contribution in [1.82, 2.24) is 19.9 Å². The molecule has 1 unspecified atom stereocenters. The smallest absolute Gasteiger partial charge is 0.246 e. The molecule has 3 aromatic rings. The fourth-order valence-corrected chi connectivity index (χ4v) is 4.73. The van der Waals surface area contributed by atoms with Crippen LogP contribution >= 0.6 is 0 Å². The van der Waals surface area contributed by atoms with Crippen LogP contribution in [0.1, 0.15) is 49.3 Å². The number of benzene rings is 2. The average molecular weight is 421 g/mol. The van der Waals surface area contributed by atoms with Crippen LogP contribution in [-0.4, -0.2) is 44.1 Å². The molecule has 0 spiro atoms. The van der Waals surface area contributed by atoms with Crippen molar-refractivity contribution >= 4 is 16.9 Å². The molecule has 31 heavy (non-hydrogen) atoms. The quantitative estimate of drug-likeness (QED) is 0.699. The summed E-state index contributed by atoms with van der Waals surface area (Å²) < 4.78 is 5.89. The predicted octanol–water partition coefficient (Wildman–Crippen LogP) is 3.47. The van der Waals surface area contributed by atoms with Gasteiger partial charge in [-0.1, -0.05) is 37.5 Å². The summed E-state index contributed by atoms with van der Waals surface area (Å²) in [5.41, 5.74) is 3.42. The summed E-state index contributed by atoms with van der Waals surface area (Å²) in [6.07, 6.45) is 5.33. The summed E-state index contributed by atoms with van der Waals surface area (Å²) in [5, 5.41) is 19.7. The molecule has 1 aromatic heterocycles. The first-order chi connectivity index (χ1) is 15.2. The number of aliphatic hydroxyl groups excluding tert-OH is 1. The van der Waals surface area contributed by atoms with Crippen LogP contribution in [0.2, 0.25) is 0 Å². The van der Waals surface area contributed by atoms with Crippen molar-refractivity contribution < 1.29 is 14.6 Å². The standard InChI is InChI=1S/C24H28N4O3/c29-23(16-28-25-20-8-4-5-9-21(20)26-28)27-12-13-31-22-11-10-18(14-19(22)15-27)24(30)17-6-2-1-3-7-17/h4-5,8-11,14,17,24,30H,1-3,6-7,12-13,15-16H2. The van der Waals surface area contributed by atoms with Crippen molar-refractivity contribution in [3.05, 3.63) is 53.6 Å². The third kappa shape index (κ3) is 4.28. The Morgan fingerprint density at radius 3 is 2.58 bits per heavy atom. The maximum Gasteiger partial charge on any atom is 0.246 e. The largest absolute Gasteiger partial charge is 0.491 e. The number of carbonyl (C=O) groups excluding carboxylic acids is 1. The number of hydrogen-bond donors (Lipinski definition) is 1. The van der Waals surface area contributed by atoms with E-state index in [1.807, 2.05) is 42.5 Å². The van der Waals surface area contributed by atoms with E-state index < -0.39 is 6.10 Å². The van der Waals surface area contributed by atoms with Gasteiger partial charge >= 0.3 is 0 Å². The highest BCUT2D eigenvalue weighted by atomic mass is 16.5. The Hall–Kier alpha value is -2.93. The Morgan fingerprint density at radius 1 is 1.10 bits per heavy atom. The molecule has 1 amide bonds. The third-order valence-electron chi connectivity index (χ3n) is 6.46. The molecule has 7 nitrogen and oxygen atoms in total. The summed E-state index contributed by atoms with van der Waals surface area (Å²) in [6, 6.07) is 13.5. The number of hydrogen-bond acceptors (Lipinski definition) is 5. The second-order valence-corrected chi connectivity index (χ2v) is 8.59. The van der Waals surface area contributed by atoms with Crippen LogP contribution in [-0.2, 0) is 17.9 Å². The summed E-state index contributed by atoms with van der Waals surface area (Å²) in [4.78, 5) is 16.2. The fraction of sp³-hybridized carbons (Fsp3) is 0.458. The summed E-state index contributed by atoms with van der Waals surface area (Å²) in [6.45, 7) is 1.50. The van der Waals surface area contributed by atoms with Crippen LogP contribution < -0.4 is 4.74 Å². The van der Waals surface area contributed by atoms with E-state index in [1.165, 1.54) is 24.1 Å². The van der Waals surface area contributed by atoms with Gasteiger partial charge in [0.05, 0.1) is 12.6 Å². The lowest BCUT2D eigenvalue weighted by molar-refractivity contribution is -0.133. The Labute approximate surface area is 181 Å². The summed E-state index contributed by atoms with van der Waals surface area (Å²) in [5.74, 6) is 1.06. The molecule has 1 N–H and O–H groups in total. The first-order valence-electron chi connectivity index (χ1n) is 11.2. The fourth-order valence-electron chi connectivity index (χ4n) is 4.73. The van der Waals surface area contributed by atoms with Crippen molar-refractivity contribution in [1.29, 1.82) is 0 Å². The molecule has 2 aliphatic rings. The zero-order valence-corrected chi connectivity index (χ0v) is 17.6. The van der Waals surface area contributed by atoms with Gasteiger partial charge in [0.15, 0.2) is 0 Å². The Kier molecular flexibility index (Phi) is 5.59. The van der Waals surface area contributed by atoms with E-state index in [1.54, 1.807) is 4.90 Å². The van der Waals surface area contributed by atoms with Gasteiger partial charge in [-0.25, -0.2) is 0 Å². The highest BCUT2D eigenvalue weighted by Crippen LogP contribution is 2.36. The minimum atomic E-state index is -0.460. The summed E-state index contributed by atoms with van der Waals surface area (Å²) in [7, 11) is 0. The SMILES string of the molecule is O=C(Cn1nc2ccccc2n1)N1CCOc2ccc(C(O)C3CCCCC3)cc2C1. The number of fused-ring (bicyclic) bond motifs is 2. The van der Waals surface area contributed by atoms with Crippen LogP contribution in [0.4, 0.5) is 0 Å². The molecule has 1 fully saturated rings. The van der Waals surface area contributed by atoms with Crippen LogP contribution in [0.25, 0.3) is 11.0 Å². The van der Waals surface area contributed by atoms with Crippen molar-refractivity contribution in [2.75, 3.05) is 13.2 Å². The topological polar surface area (TPSA) is 80.5 Å². The van der Waals surface area contributed by atoms with Gasteiger partial charge < -0.3 is 14.7 Å². The molecule has 2 heterocycles. The van der Waals surface area contributed by atoms with E-state index in [0.29, 0.717) is 25.6 Å². The number of nitrogens with zero attached hydrogens (tertiary/aromatic N) is 4. The monoisotopic (exact) mass is 420 g/mol. The molecule has 0 saturated heterocycles. The van der Waals surface area contributed by atoms with E-state index in [0.717, 1.165) is 40.8 Å². The van der Waals surface area contributed by atoms with Crippen LogP contribution in [0, 0.1) is 5.92 Å². The first-order valence-corrected chi connectivity index (χ1v) is 11.2. The van der Waals surface area contributed by atoms with Crippen molar-refractivity contribution in [2.24, 2.45) is 5.92 Å². The second kappa shape index (κ2) is 8.67. The van der Waals surface area contributed by atoms with Crippen LogP contribution in [0.15, 0.2) is 42.5 Å². The molecule has 162 valence electrons. The van der Waals surface area contributed by atoms with Gasteiger partial charge in [-0.3, -0.25) is 4.79 Å². The van der Waals surface area contributed by atoms with Crippen LogP contribution in [0.3, 0.4) is 0 Å². The number of carbonyl (C=O) groups is 1. The lowest BCUT2D eigenvalue weighted by Gasteiger charge is -2.27. The van der Waals surface area contributed by atoms with Gasteiger partial charge in [-0.05, 0) is 48.6 Å². The molecule has 1 aliphatic heterocycles. The number of ether oxygens (including phenoxy) is 1. The first kappa shape index (κ1) is 20.0. The Morgan fingerprint density at radius 2 is 1.84 bits per heavy atom. The average Bonchev–Trinajstić information content (AvgIpc) is 3.08.